The van der Waals surface area contributed by atoms with E-state index in [1.807, 2.05) is 7.05 Å². The van der Waals surface area contributed by atoms with Crippen molar-refractivity contribution in [2.45, 2.75) is 25.3 Å². The first-order valence-electron chi connectivity index (χ1n) is 9.22. The molecule has 0 spiro atoms. The van der Waals surface area contributed by atoms with Gasteiger partial charge in [0.25, 0.3) is 0 Å². The highest BCUT2D eigenvalue weighted by molar-refractivity contribution is 5.80. The lowest BCUT2D eigenvalue weighted by Gasteiger charge is -2.33. The zero-order valence-corrected chi connectivity index (χ0v) is 14.8. The molecule has 0 radical (unpaired) electrons. The highest BCUT2D eigenvalue weighted by atomic mass is 16.5. The third kappa shape index (κ3) is 4.58. The molecule has 1 N–H and O–H groups in total. The van der Waals surface area contributed by atoms with Crippen LogP contribution in [0.2, 0.25) is 0 Å². The van der Waals surface area contributed by atoms with Crippen molar-refractivity contribution < 1.29 is 4.74 Å². The molecule has 0 aliphatic carbocycles. The van der Waals surface area contributed by atoms with Gasteiger partial charge in [0.1, 0.15) is 0 Å². The lowest BCUT2D eigenvalue weighted by Crippen LogP contribution is -2.47. The van der Waals surface area contributed by atoms with Crippen molar-refractivity contribution in [3.63, 3.8) is 0 Å². The van der Waals surface area contributed by atoms with Crippen LogP contribution in [0, 0.1) is 5.92 Å². The molecule has 3 rings (SSSR count). The molecule has 3 aliphatic heterocycles. The van der Waals surface area contributed by atoms with Crippen molar-refractivity contribution in [1.29, 1.82) is 0 Å². The summed E-state index contributed by atoms with van der Waals surface area (Å²) in [5.41, 5.74) is 0. The summed E-state index contributed by atoms with van der Waals surface area (Å²) in [6, 6.07) is 0.667. The number of likely N-dealkylation sites (tertiary alicyclic amines) is 2. The molecule has 1 atom stereocenters. The number of aliphatic imine (C=N–C) groups is 1. The molecule has 0 saturated carbocycles. The molecule has 6 nitrogen and oxygen atoms in total. The summed E-state index contributed by atoms with van der Waals surface area (Å²) in [7, 11) is 4.14. The molecule has 0 aromatic rings. The Morgan fingerprint density at radius 3 is 2.52 bits per heavy atom. The van der Waals surface area contributed by atoms with Crippen molar-refractivity contribution in [2.24, 2.45) is 10.9 Å². The van der Waals surface area contributed by atoms with Crippen molar-refractivity contribution in [3.8, 4) is 0 Å². The molecule has 0 amide bonds. The van der Waals surface area contributed by atoms with E-state index in [2.05, 4.69) is 32.1 Å². The number of nitrogens with one attached hydrogen (secondary N) is 1. The second-order valence-electron chi connectivity index (χ2n) is 7.21. The monoisotopic (exact) mass is 323 g/mol. The molecule has 23 heavy (non-hydrogen) atoms. The molecule has 3 heterocycles. The fourth-order valence-electron chi connectivity index (χ4n) is 4.01. The Hall–Kier alpha value is -0.850. The van der Waals surface area contributed by atoms with Gasteiger partial charge in [-0.3, -0.25) is 9.89 Å². The number of nitrogens with zero attached hydrogens (tertiary/aromatic N) is 4. The normalized spacial score (nSPS) is 29.2. The van der Waals surface area contributed by atoms with E-state index >= 15 is 0 Å². The fourth-order valence-corrected chi connectivity index (χ4v) is 4.01. The molecule has 3 saturated heterocycles. The number of guanidine groups is 1. The van der Waals surface area contributed by atoms with E-state index in [0.29, 0.717) is 6.04 Å². The summed E-state index contributed by atoms with van der Waals surface area (Å²) in [6.07, 6.45) is 3.85. The lowest BCUT2D eigenvalue weighted by molar-refractivity contribution is 0.0195. The molecule has 3 fully saturated rings. The molecule has 0 aromatic heterocycles. The van der Waals surface area contributed by atoms with Crippen LogP contribution in [0.25, 0.3) is 0 Å². The quantitative estimate of drug-likeness (QED) is 0.598. The topological polar surface area (TPSA) is 43.3 Å². The number of morpholine rings is 1. The van der Waals surface area contributed by atoms with Crippen molar-refractivity contribution in [1.82, 2.24) is 20.0 Å². The van der Waals surface area contributed by atoms with Crippen LogP contribution in [0.1, 0.15) is 19.3 Å². The Morgan fingerprint density at radius 1 is 1.09 bits per heavy atom. The summed E-state index contributed by atoms with van der Waals surface area (Å²) in [5, 5.41) is 3.63. The smallest absolute Gasteiger partial charge is 0.193 e. The lowest BCUT2D eigenvalue weighted by atomic mass is 9.97. The minimum absolute atomic E-state index is 0.667. The van der Waals surface area contributed by atoms with Gasteiger partial charge in [-0.1, -0.05) is 0 Å². The molecule has 0 aromatic carbocycles. The number of ether oxygens (including phenoxy) is 1. The summed E-state index contributed by atoms with van der Waals surface area (Å²) < 4.78 is 5.47. The van der Waals surface area contributed by atoms with E-state index in [9.17, 15) is 0 Å². The second-order valence-corrected chi connectivity index (χ2v) is 7.21. The summed E-state index contributed by atoms with van der Waals surface area (Å²) >= 11 is 0. The van der Waals surface area contributed by atoms with Crippen LogP contribution in [0.5, 0.6) is 0 Å². The molecule has 132 valence electrons. The molecule has 3 aliphatic rings. The van der Waals surface area contributed by atoms with Crippen molar-refractivity contribution in [2.75, 3.05) is 73.1 Å². The van der Waals surface area contributed by atoms with Crippen LogP contribution >= 0.6 is 0 Å². The maximum Gasteiger partial charge on any atom is 0.193 e. The fraction of sp³-hybridized carbons (Fsp3) is 0.941. The van der Waals surface area contributed by atoms with Gasteiger partial charge < -0.3 is 19.9 Å². The van der Waals surface area contributed by atoms with Gasteiger partial charge in [-0.25, -0.2) is 0 Å². The highest BCUT2D eigenvalue weighted by Gasteiger charge is 2.30. The molecular formula is C17H33N5O. The van der Waals surface area contributed by atoms with Gasteiger partial charge in [0.15, 0.2) is 5.96 Å². The van der Waals surface area contributed by atoms with E-state index in [-0.39, 0.29) is 0 Å². The number of piperidine rings is 1. The van der Waals surface area contributed by atoms with Gasteiger partial charge in [-0.2, -0.15) is 0 Å². The molecule has 0 bridgehead atoms. The second kappa shape index (κ2) is 8.31. The predicted molar refractivity (Wildman–Crippen MR) is 94.0 cm³/mol. The first-order chi connectivity index (χ1) is 11.3. The zero-order chi connectivity index (χ0) is 16.1. The van der Waals surface area contributed by atoms with Gasteiger partial charge in [0.05, 0.1) is 13.2 Å². The van der Waals surface area contributed by atoms with Crippen LogP contribution in [-0.2, 0) is 4.74 Å². The van der Waals surface area contributed by atoms with Gasteiger partial charge >= 0.3 is 0 Å². The van der Waals surface area contributed by atoms with Crippen molar-refractivity contribution >= 4 is 5.96 Å². The average Bonchev–Trinajstić information content (AvgIpc) is 3.08. The predicted octanol–water partition coefficient (Wildman–Crippen LogP) is 0.310. The van der Waals surface area contributed by atoms with Crippen LogP contribution < -0.4 is 5.32 Å². The van der Waals surface area contributed by atoms with E-state index in [1.165, 1.54) is 32.4 Å². The molecular weight excluding hydrogens is 290 g/mol. The van der Waals surface area contributed by atoms with Gasteiger partial charge in [-0.05, 0) is 45.3 Å². The van der Waals surface area contributed by atoms with Gasteiger partial charge in [0, 0.05) is 45.8 Å². The first-order valence-corrected chi connectivity index (χ1v) is 9.22. The maximum absolute atomic E-state index is 5.47. The number of rotatable bonds is 3. The SMILES string of the molecule is CN=C(NCC1CCN(C)CC1)N1CCC(N2CCOCC2)C1. The van der Waals surface area contributed by atoms with Crippen LogP contribution in [0.15, 0.2) is 4.99 Å². The minimum Gasteiger partial charge on any atom is -0.379 e. The minimum atomic E-state index is 0.667. The highest BCUT2D eigenvalue weighted by Crippen LogP contribution is 2.18. The third-order valence-corrected chi connectivity index (χ3v) is 5.62. The molecule has 1 unspecified atom stereocenters. The standard InChI is InChI=1S/C17H33N5O/c1-18-17(19-13-15-3-6-20(2)7-4-15)22-8-5-16(14-22)21-9-11-23-12-10-21/h15-16H,3-14H2,1-2H3,(H,18,19). The Morgan fingerprint density at radius 2 is 1.83 bits per heavy atom. The first kappa shape index (κ1) is 17.0. The summed E-state index contributed by atoms with van der Waals surface area (Å²) in [5.74, 6) is 1.89. The van der Waals surface area contributed by atoms with Crippen molar-refractivity contribution in [3.05, 3.63) is 0 Å². The largest absolute Gasteiger partial charge is 0.379 e. The summed E-state index contributed by atoms with van der Waals surface area (Å²) in [6.45, 7) is 9.70. The van der Waals surface area contributed by atoms with Crippen LogP contribution in [0.4, 0.5) is 0 Å². The van der Waals surface area contributed by atoms with Crippen LogP contribution in [-0.4, -0.2) is 99.8 Å². The Kier molecular flexibility index (Phi) is 6.14. The molecule has 6 heteroatoms. The Labute approximate surface area is 140 Å². The average molecular weight is 323 g/mol. The maximum atomic E-state index is 5.47. The van der Waals surface area contributed by atoms with E-state index in [0.717, 1.165) is 57.8 Å². The third-order valence-electron chi connectivity index (χ3n) is 5.62. The van der Waals surface area contributed by atoms with Gasteiger partial charge in [-0.15, -0.1) is 0 Å². The van der Waals surface area contributed by atoms with E-state index in [4.69, 9.17) is 4.74 Å². The zero-order valence-electron chi connectivity index (χ0n) is 14.8. The Balaban J connectivity index is 1.43. The Bertz CT molecular complexity index is 388. The number of hydrogen-bond donors (Lipinski definition) is 1. The van der Waals surface area contributed by atoms with E-state index in [1.54, 1.807) is 0 Å². The number of hydrogen-bond acceptors (Lipinski definition) is 4. The van der Waals surface area contributed by atoms with Crippen LogP contribution in [0.3, 0.4) is 0 Å². The summed E-state index contributed by atoms with van der Waals surface area (Å²) in [4.78, 5) is 12.0. The van der Waals surface area contributed by atoms with E-state index < -0.39 is 0 Å². The van der Waals surface area contributed by atoms with Gasteiger partial charge in [0.2, 0.25) is 0 Å².